The normalized spacial score (nSPS) is 17.6. The standard InChI is InChI=1S/C19H16F3N3OS/c20-19(21,22)12-24-10-16(15-5-1-2-6-17(15)24)18(26)13-9-25(27-11-13)14-4-3-7-23-8-14/h1-8,10,13H,9,11-12H2. The van der Waals surface area contributed by atoms with Crippen LogP contribution in [0.25, 0.3) is 10.9 Å². The molecule has 0 bridgehead atoms. The fraction of sp³-hybridized carbons (Fsp3) is 0.263. The van der Waals surface area contributed by atoms with E-state index in [0.29, 0.717) is 28.8 Å². The monoisotopic (exact) mass is 391 g/mol. The van der Waals surface area contributed by atoms with Crippen molar-refractivity contribution in [3.63, 3.8) is 0 Å². The van der Waals surface area contributed by atoms with E-state index in [1.165, 1.54) is 18.1 Å². The molecule has 0 amide bonds. The van der Waals surface area contributed by atoms with Crippen LogP contribution in [-0.2, 0) is 6.54 Å². The number of alkyl halides is 3. The highest BCUT2D eigenvalue weighted by atomic mass is 32.2. The number of nitrogens with zero attached hydrogens (tertiary/aromatic N) is 3. The van der Waals surface area contributed by atoms with Crippen molar-refractivity contribution in [3.05, 3.63) is 60.6 Å². The second-order valence-corrected chi connectivity index (χ2v) is 7.46. The molecule has 8 heteroatoms. The highest BCUT2D eigenvalue weighted by Crippen LogP contribution is 2.34. The number of para-hydroxylation sites is 1. The molecule has 1 saturated heterocycles. The van der Waals surface area contributed by atoms with Crippen LogP contribution < -0.4 is 4.31 Å². The molecule has 140 valence electrons. The number of Topliss-reactive ketones (excluding diaryl/α,β-unsaturated/α-hetero) is 1. The quantitative estimate of drug-likeness (QED) is 0.483. The minimum Gasteiger partial charge on any atom is -0.338 e. The maximum absolute atomic E-state index is 13.1. The van der Waals surface area contributed by atoms with Crippen LogP contribution >= 0.6 is 11.9 Å². The summed E-state index contributed by atoms with van der Waals surface area (Å²) in [5.41, 5.74) is 1.69. The van der Waals surface area contributed by atoms with Crippen LogP contribution in [0.2, 0.25) is 0 Å². The largest absolute Gasteiger partial charge is 0.406 e. The fourth-order valence-corrected chi connectivity index (χ4v) is 4.47. The van der Waals surface area contributed by atoms with E-state index in [9.17, 15) is 18.0 Å². The van der Waals surface area contributed by atoms with E-state index in [0.717, 1.165) is 10.3 Å². The predicted octanol–water partition coefficient (Wildman–Crippen LogP) is 4.57. The van der Waals surface area contributed by atoms with E-state index in [1.54, 1.807) is 36.7 Å². The molecule has 0 saturated carbocycles. The molecular formula is C19H16F3N3OS. The second-order valence-electron chi connectivity index (χ2n) is 6.43. The molecule has 4 rings (SSSR count). The highest BCUT2D eigenvalue weighted by Gasteiger charge is 2.33. The molecule has 27 heavy (non-hydrogen) atoms. The van der Waals surface area contributed by atoms with E-state index in [1.807, 2.05) is 16.4 Å². The zero-order valence-corrected chi connectivity index (χ0v) is 15.0. The number of benzene rings is 1. The lowest BCUT2D eigenvalue weighted by Crippen LogP contribution is -2.22. The molecule has 0 aliphatic carbocycles. The van der Waals surface area contributed by atoms with Gasteiger partial charge in [0.05, 0.1) is 17.8 Å². The van der Waals surface area contributed by atoms with Gasteiger partial charge in [-0.3, -0.25) is 9.78 Å². The van der Waals surface area contributed by atoms with Crippen LogP contribution in [0.4, 0.5) is 18.9 Å². The zero-order chi connectivity index (χ0) is 19.0. The summed E-state index contributed by atoms with van der Waals surface area (Å²) in [4.78, 5) is 17.2. The molecule has 1 atom stereocenters. The molecule has 1 aliphatic rings. The average molecular weight is 391 g/mol. The van der Waals surface area contributed by atoms with Crippen LogP contribution in [0.1, 0.15) is 10.4 Å². The number of rotatable bonds is 4. The second kappa shape index (κ2) is 6.92. The van der Waals surface area contributed by atoms with Gasteiger partial charge in [-0.1, -0.05) is 18.2 Å². The Balaban J connectivity index is 1.62. The van der Waals surface area contributed by atoms with Crippen molar-refractivity contribution in [1.29, 1.82) is 0 Å². The summed E-state index contributed by atoms with van der Waals surface area (Å²) in [5.74, 6) is 0.193. The summed E-state index contributed by atoms with van der Waals surface area (Å²) in [5, 5.41) is 0.566. The summed E-state index contributed by atoms with van der Waals surface area (Å²) in [6.45, 7) is -0.601. The SMILES string of the molecule is O=C(c1cn(CC(F)(F)F)c2ccccc12)C1CSN(c2cccnc2)C1. The minimum absolute atomic E-state index is 0.119. The molecule has 1 aliphatic heterocycles. The predicted molar refractivity (Wildman–Crippen MR) is 99.9 cm³/mol. The highest BCUT2D eigenvalue weighted by molar-refractivity contribution is 8.00. The zero-order valence-electron chi connectivity index (χ0n) is 14.2. The van der Waals surface area contributed by atoms with Gasteiger partial charge >= 0.3 is 6.18 Å². The fourth-order valence-electron chi connectivity index (χ4n) is 3.31. The van der Waals surface area contributed by atoms with Crippen LogP contribution in [-0.4, -0.2) is 33.8 Å². The maximum Gasteiger partial charge on any atom is 0.406 e. The van der Waals surface area contributed by atoms with Gasteiger partial charge in [-0.15, -0.1) is 0 Å². The van der Waals surface area contributed by atoms with Gasteiger partial charge in [0.15, 0.2) is 5.78 Å². The van der Waals surface area contributed by atoms with Crippen LogP contribution in [0.3, 0.4) is 0 Å². The van der Waals surface area contributed by atoms with Gasteiger partial charge in [-0.05, 0) is 30.1 Å². The molecule has 3 aromatic rings. The summed E-state index contributed by atoms with van der Waals surface area (Å²) in [7, 11) is 0. The van der Waals surface area contributed by atoms with Gasteiger partial charge in [0.2, 0.25) is 0 Å². The minimum atomic E-state index is -4.34. The number of hydrogen-bond donors (Lipinski definition) is 0. The third-order valence-corrected chi connectivity index (χ3v) is 5.75. The Hall–Kier alpha value is -2.48. The van der Waals surface area contributed by atoms with Crippen molar-refractivity contribution >= 4 is 34.3 Å². The molecule has 0 spiro atoms. The Bertz CT molecular complexity index is 971. The van der Waals surface area contributed by atoms with E-state index < -0.39 is 12.7 Å². The third-order valence-electron chi connectivity index (χ3n) is 4.53. The molecular weight excluding hydrogens is 375 g/mol. The van der Waals surface area contributed by atoms with Crippen LogP contribution in [0.5, 0.6) is 0 Å². The van der Waals surface area contributed by atoms with Crippen molar-refractivity contribution in [2.45, 2.75) is 12.7 Å². The Kier molecular flexibility index (Phi) is 4.59. The topological polar surface area (TPSA) is 38.1 Å². The van der Waals surface area contributed by atoms with Crippen molar-refractivity contribution in [2.75, 3.05) is 16.6 Å². The maximum atomic E-state index is 13.1. The first-order chi connectivity index (χ1) is 12.9. The van der Waals surface area contributed by atoms with E-state index in [4.69, 9.17) is 0 Å². The number of carbonyl (C=O) groups is 1. The van der Waals surface area contributed by atoms with E-state index >= 15 is 0 Å². The molecule has 4 nitrogen and oxygen atoms in total. The van der Waals surface area contributed by atoms with Gasteiger partial charge in [-0.2, -0.15) is 13.2 Å². The number of aromatic nitrogens is 2. The summed E-state index contributed by atoms with van der Waals surface area (Å²) >= 11 is 1.53. The molecule has 1 fully saturated rings. The third kappa shape index (κ3) is 3.66. The molecule has 3 heterocycles. The average Bonchev–Trinajstić information content (AvgIpc) is 3.27. The number of pyridine rings is 1. The van der Waals surface area contributed by atoms with Crippen molar-refractivity contribution < 1.29 is 18.0 Å². The summed E-state index contributed by atoms with van der Waals surface area (Å²) < 4.78 is 41.8. The van der Waals surface area contributed by atoms with Gasteiger partial charge in [0.1, 0.15) is 6.54 Å². The number of hydrogen-bond acceptors (Lipinski definition) is 4. The van der Waals surface area contributed by atoms with Gasteiger partial charge in [0.25, 0.3) is 0 Å². The number of ketones is 1. The first-order valence-electron chi connectivity index (χ1n) is 8.42. The number of anilines is 1. The molecule has 2 aromatic heterocycles. The Labute approximate surface area is 158 Å². The van der Waals surface area contributed by atoms with Crippen molar-refractivity contribution in [2.24, 2.45) is 5.92 Å². The van der Waals surface area contributed by atoms with E-state index in [2.05, 4.69) is 4.98 Å². The first-order valence-corrected chi connectivity index (χ1v) is 9.36. The molecule has 1 aromatic carbocycles. The number of carbonyl (C=O) groups excluding carboxylic acids is 1. The Morgan fingerprint density at radius 3 is 2.78 bits per heavy atom. The Morgan fingerprint density at radius 2 is 2.04 bits per heavy atom. The molecule has 0 radical (unpaired) electrons. The van der Waals surface area contributed by atoms with Crippen LogP contribution in [0, 0.1) is 5.92 Å². The molecule has 1 unspecified atom stereocenters. The Morgan fingerprint density at radius 1 is 1.22 bits per heavy atom. The summed E-state index contributed by atoms with van der Waals surface area (Å²) in [6.07, 6.45) is 0.414. The summed E-state index contributed by atoms with van der Waals surface area (Å²) in [6, 6.07) is 10.5. The van der Waals surface area contributed by atoms with Crippen molar-refractivity contribution in [3.8, 4) is 0 Å². The van der Waals surface area contributed by atoms with Gasteiger partial charge < -0.3 is 8.87 Å². The smallest absolute Gasteiger partial charge is 0.338 e. The van der Waals surface area contributed by atoms with Gasteiger partial charge in [0, 0.05) is 41.2 Å². The lowest BCUT2D eigenvalue weighted by molar-refractivity contribution is -0.139. The number of halogens is 3. The lowest BCUT2D eigenvalue weighted by atomic mass is 9.98. The van der Waals surface area contributed by atoms with Crippen molar-refractivity contribution in [1.82, 2.24) is 9.55 Å². The number of fused-ring (bicyclic) bond motifs is 1. The van der Waals surface area contributed by atoms with E-state index in [-0.39, 0.29) is 11.7 Å². The first kappa shape index (κ1) is 17.9. The van der Waals surface area contributed by atoms with Gasteiger partial charge in [-0.25, -0.2) is 0 Å². The van der Waals surface area contributed by atoms with Crippen LogP contribution in [0.15, 0.2) is 55.0 Å². The lowest BCUT2D eigenvalue weighted by Gasteiger charge is -2.15. The molecule has 0 N–H and O–H groups in total.